The third-order valence-corrected chi connectivity index (χ3v) is 6.12. The molecular formula is C13H26N2O3S. The monoisotopic (exact) mass is 290 g/mol. The van der Waals surface area contributed by atoms with E-state index in [9.17, 15) is 8.42 Å². The van der Waals surface area contributed by atoms with Crippen LogP contribution in [0.1, 0.15) is 39.0 Å². The minimum absolute atomic E-state index is 0.175. The molecule has 1 N–H and O–H groups in total. The SMILES string of the molecule is CCCN(CC1CC1)S(=O)(=O)N1CCC(CO)CC1. The predicted octanol–water partition coefficient (Wildman–Crippen LogP) is 1.06. The van der Waals surface area contributed by atoms with Crippen LogP contribution in [0.4, 0.5) is 0 Å². The average Bonchev–Trinajstić information content (AvgIpc) is 3.22. The first kappa shape index (κ1) is 15.2. The van der Waals surface area contributed by atoms with Gasteiger partial charge in [-0.25, -0.2) is 0 Å². The van der Waals surface area contributed by atoms with Crippen molar-refractivity contribution in [2.45, 2.75) is 39.0 Å². The lowest BCUT2D eigenvalue weighted by Gasteiger charge is -2.34. The Hall–Kier alpha value is -0.170. The number of aliphatic hydroxyl groups is 1. The molecular weight excluding hydrogens is 264 g/mol. The molecule has 2 aliphatic rings. The zero-order valence-corrected chi connectivity index (χ0v) is 12.6. The number of piperidine rings is 1. The molecule has 112 valence electrons. The second kappa shape index (κ2) is 6.52. The smallest absolute Gasteiger partial charge is 0.281 e. The minimum atomic E-state index is -3.29. The van der Waals surface area contributed by atoms with Crippen molar-refractivity contribution in [3.05, 3.63) is 0 Å². The summed E-state index contributed by atoms with van der Waals surface area (Å²) < 4.78 is 28.5. The quantitative estimate of drug-likeness (QED) is 0.762. The normalized spacial score (nSPS) is 23.1. The van der Waals surface area contributed by atoms with Crippen molar-refractivity contribution in [3.8, 4) is 0 Å². The fourth-order valence-corrected chi connectivity index (χ4v) is 4.44. The lowest BCUT2D eigenvalue weighted by atomic mass is 10.00. The first-order chi connectivity index (χ1) is 9.07. The largest absolute Gasteiger partial charge is 0.396 e. The highest BCUT2D eigenvalue weighted by molar-refractivity contribution is 7.86. The third kappa shape index (κ3) is 3.90. The van der Waals surface area contributed by atoms with Crippen LogP contribution in [0.15, 0.2) is 0 Å². The van der Waals surface area contributed by atoms with E-state index in [0.29, 0.717) is 32.1 Å². The lowest BCUT2D eigenvalue weighted by Crippen LogP contribution is -2.48. The highest BCUT2D eigenvalue weighted by Crippen LogP contribution is 2.31. The van der Waals surface area contributed by atoms with Crippen molar-refractivity contribution in [2.75, 3.05) is 32.8 Å². The van der Waals surface area contributed by atoms with Crippen LogP contribution in [-0.4, -0.2) is 54.9 Å². The van der Waals surface area contributed by atoms with Gasteiger partial charge in [0.15, 0.2) is 0 Å². The van der Waals surface area contributed by atoms with Gasteiger partial charge in [-0.15, -0.1) is 0 Å². The average molecular weight is 290 g/mol. The Bertz CT molecular complexity index is 373. The minimum Gasteiger partial charge on any atom is -0.396 e. The summed E-state index contributed by atoms with van der Waals surface area (Å²) >= 11 is 0. The maximum atomic E-state index is 12.6. The van der Waals surface area contributed by atoms with Gasteiger partial charge >= 0.3 is 0 Å². The van der Waals surface area contributed by atoms with Gasteiger partial charge in [-0.1, -0.05) is 6.92 Å². The topological polar surface area (TPSA) is 60.9 Å². The Balaban J connectivity index is 1.97. The molecule has 5 nitrogen and oxygen atoms in total. The van der Waals surface area contributed by atoms with E-state index in [2.05, 4.69) is 0 Å². The molecule has 1 saturated carbocycles. The standard InChI is InChI=1S/C13H26N2O3S/c1-2-7-15(10-12-3-4-12)19(17,18)14-8-5-13(11-16)6-9-14/h12-13,16H,2-11H2,1H3. The summed E-state index contributed by atoms with van der Waals surface area (Å²) in [6, 6.07) is 0. The summed E-state index contributed by atoms with van der Waals surface area (Å²) in [6.45, 7) is 4.62. The van der Waals surface area contributed by atoms with Gasteiger partial charge in [0.2, 0.25) is 0 Å². The zero-order valence-electron chi connectivity index (χ0n) is 11.8. The van der Waals surface area contributed by atoms with Crippen LogP contribution in [0.25, 0.3) is 0 Å². The van der Waals surface area contributed by atoms with Gasteiger partial charge in [-0.05, 0) is 43.9 Å². The fraction of sp³-hybridized carbons (Fsp3) is 1.00. The highest BCUT2D eigenvalue weighted by atomic mass is 32.2. The lowest BCUT2D eigenvalue weighted by molar-refractivity contribution is 0.165. The molecule has 0 atom stereocenters. The Morgan fingerprint density at radius 2 is 1.79 bits per heavy atom. The van der Waals surface area contributed by atoms with Crippen molar-refractivity contribution >= 4 is 10.2 Å². The molecule has 0 aromatic carbocycles. The summed E-state index contributed by atoms with van der Waals surface area (Å²) in [6.07, 6.45) is 4.75. The predicted molar refractivity (Wildman–Crippen MR) is 74.9 cm³/mol. The molecule has 0 bridgehead atoms. The van der Waals surface area contributed by atoms with Gasteiger partial charge in [0.1, 0.15) is 0 Å². The van der Waals surface area contributed by atoms with E-state index in [-0.39, 0.29) is 12.5 Å². The highest BCUT2D eigenvalue weighted by Gasteiger charge is 2.35. The van der Waals surface area contributed by atoms with E-state index in [1.807, 2.05) is 6.92 Å². The molecule has 1 saturated heterocycles. The van der Waals surface area contributed by atoms with Crippen molar-refractivity contribution in [2.24, 2.45) is 11.8 Å². The molecule has 0 unspecified atom stereocenters. The van der Waals surface area contributed by atoms with E-state index in [1.165, 1.54) is 12.8 Å². The molecule has 6 heteroatoms. The first-order valence-electron chi connectivity index (χ1n) is 7.44. The van der Waals surface area contributed by atoms with E-state index in [1.54, 1.807) is 8.61 Å². The van der Waals surface area contributed by atoms with Crippen LogP contribution in [0.5, 0.6) is 0 Å². The molecule has 19 heavy (non-hydrogen) atoms. The van der Waals surface area contributed by atoms with Crippen LogP contribution in [0, 0.1) is 11.8 Å². The maximum Gasteiger partial charge on any atom is 0.281 e. The van der Waals surface area contributed by atoms with Crippen LogP contribution >= 0.6 is 0 Å². The molecule has 0 aromatic heterocycles. The molecule has 1 aliphatic carbocycles. The molecule has 0 aromatic rings. The van der Waals surface area contributed by atoms with Crippen LogP contribution in [0.2, 0.25) is 0 Å². The van der Waals surface area contributed by atoms with Gasteiger partial charge in [-0.2, -0.15) is 17.0 Å². The number of hydrogen-bond acceptors (Lipinski definition) is 3. The number of aliphatic hydroxyl groups excluding tert-OH is 1. The van der Waals surface area contributed by atoms with E-state index in [4.69, 9.17) is 5.11 Å². The second-order valence-electron chi connectivity index (χ2n) is 5.83. The third-order valence-electron chi connectivity index (χ3n) is 4.12. The molecule has 0 amide bonds. The van der Waals surface area contributed by atoms with Gasteiger partial charge in [0.25, 0.3) is 10.2 Å². The van der Waals surface area contributed by atoms with Gasteiger partial charge in [0, 0.05) is 32.8 Å². The Morgan fingerprint density at radius 1 is 1.16 bits per heavy atom. The number of rotatable bonds is 7. The molecule has 0 spiro atoms. The summed E-state index contributed by atoms with van der Waals surface area (Å²) in [5.41, 5.74) is 0. The van der Waals surface area contributed by atoms with Gasteiger partial charge in [-0.3, -0.25) is 0 Å². The van der Waals surface area contributed by atoms with Gasteiger partial charge in [0.05, 0.1) is 0 Å². The number of hydrogen-bond donors (Lipinski definition) is 1. The summed E-state index contributed by atoms with van der Waals surface area (Å²) in [7, 11) is -3.29. The van der Waals surface area contributed by atoms with Crippen molar-refractivity contribution in [1.82, 2.24) is 8.61 Å². The Labute approximate surface area is 116 Å². The molecule has 2 rings (SSSR count). The molecule has 1 heterocycles. The Morgan fingerprint density at radius 3 is 2.26 bits per heavy atom. The van der Waals surface area contributed by atoms with E-state index in [0.717, 1.165) is 19.3 Å². The Kier molecular flexibility index (Phi) is 5.22. The van der Waals surface area contributed by atoms with Crippen molar-refractivity contribution < 1.29 is 13.5 Å². The van der Waals surface area contributed by atoms with E-state index >= 15 is 0 Å². The van der Waals surface area contributed by atoms with Crippen molar-refractivity contribution in [3.63, 3.8) is 0 Å². The molecule has 0 radical (unpaired) electrons. The van der Waals surface area contributed by atoms with Crippen LogP contribution in [0.3, 0.4) is 0 Å². The van der Waals surface area contributed by atoms with Crippen molar-refractivity contribution in [1.29, 1.82) is 0 Å². The zero-order chi connectivity index (χ0) is 13.9. The first-order valence-corrected chi connectivity index (χ1v) is 8.83. The van der Waals surface area contributed by atoms with Gasteiger partial charge < -0.3 is 5.11 Å². The van der Waals surface area contributed by atoms with E-state index < -0.39 is 10.2 Å². The molecule has 1 aliphatic heterocycles. The van der Waals surface area contributed by atoms with Crippen LogP contribution < -0.4 is 0 Å². The second-order valence-corrected chi connectivity index (χ2v) is 7.76. The summed E-state index contributed by atoms with van der Waals surface area (Å²) in [4.78, 5) is 0. The molecule has 2 fully saturated rings. The van der Waals surface area contributed by atoms with Crippen LogP contribution in [-0.2, 0) is 10.2 Å². The summed E-state index contributed by atoms with van der Waals surface area (Å²) in [5, 5.41) is 9.12. The fourth-order valence-electron chi connectivity index (χ4n) is 2.62. The maximum absolute atomic E-state index is 12.6. The summed E-state index contributed by atoms with van der Waals surface area (Å²) in [5.74, 6) is 0.853. The number of nitrogens with zero attached hydrogens (tertiary/aromatic N) is 2.